The van der Waals surface area contributed by atoms with Crippen LogP contribution < -0.4 is 9.47 Å². The Bertz CT molecular complexity index is 777. The van der Waals surface area contributed by atoms with Crippen LogP contribution in [0.5, 0.6) is 11.5 Å². The number of carbonyl (C=O) groups excluding carboxylic acids is 1. The molecular weight excluding hydrogens is 415 g/mol. The third-order valence-corrected chi connectivity index (χ3v) is 5.03. The van der Waals surface area contributed by atoms with Gasteiger partial charge in [0.25, 0.3) is 5.91 Å². The Morgan fingerprint density at radius 2 is 1.81 bits per heavy atom. The lowest BCUT2D eigenvalue weighted by Crippen LogP contribution is -2.49. The smallest absolute Gasteiger partial charge is 0.260 e. The number of hydrogen-bond donors (Lipinski definition) is 0. The summed E-state index contributed by atoms with van der Waals surface area (Å²) in [7, 11) is 1.65. The molecule has 1 aliphatic heterocycles. The number of hydrogen-bond acceptors (Lipinski definition) is 4. The summed E-state index contributed by atoms with van der Waals surface area (Å²) in [6.45, 7) is 3.56. The number of halogens is 2. The van der Waals surface area contributed by atoms with Gasteiger partial charge in [0.1, 0.15) is 5.75 Å². The third kappa shape index (κ3) is 5.43. The van der Waals surface area contributed by atoms with Gasteiger partial charge in [-0.05, 0) is 35.9 Å². The van der Waals surface area contributed by atoms with E-state index >= 15 is 0 Å². The second kappa shape index (κ2) is 9.19. The molecule has 0 atom stereocenters. The van der Waals surface area contributed by atoms with Crippen LogP contribution in [0.15, 0.2) is 46.9 Å². The maximum Gasteiger partial charge on any atom is 0.260 e. The topological polar surface area (TPSA) is 42.0 Å². The van der Waals surface area contributed by atoms with Crippen molar-refractivity contribution < 1.29 is 18.7 Å². The molecule has 0 saturated carbocycles. The van der Waals surface area contributed by atoms with Crippen LogP contribution in [0.3, 0.4) is 0 Å². The van der Waals surface area contributed by atoms with Gasteiger partial charge >= 0.3 is 0 Å². The predicted molar refractivity (Wildman–Crippen MR) is 104 cm³/mol. The molecule has 0 N–H and O–H groups in total. The lowest BCUT2D eigenvalue weighted by atomic mass is 10.2. The Balaban J connectivity index is 1.44. The number of carbonyl (C=O) groups is 1. The van der Waals surface area contributed by atoms with Crippen molar-refractivity contribution in [3.05, 3.63) is 58.3 Å². The minimum atomic E-state index is -0.485. The van der Waals surface area contributed by atoms with Crippen molar-refractivity contribution in [2.24, 2.45) is 0 Å². The fourth-order valence-electron chi connectivity index (χ4n) is 2.97. The van der Waals surface area contributed by atoms with E-state index in [-0.39, 0.29) is 18.3 Å². The van der Waals surface area contributed by atoms with Crippen LogP contribution in [-0.4, -0.2) is 55.6 Å². The van der Waals surface area contributed by atoms with Gasteiger partial charge in [-0.1, -0.05) is 28.1 Å². The van der Waals surface area contributed by atoms with Gasteiger partial charge in [0.05, 0.1) is 7.11 Å². The van der Waals surface area contributed by atoms with Crippen LogP contribution >= 0.6 is 15.9 Å². The summed E-state index contributed by atoms with van der Waals surface area (Å²) in [6, 6.07) is 12.5. The fraction of sp³-hybridized carbons (Fsp3) is 0.350. The van der Waals surface area contributed by atoms with Crippen LogP contribution in [-0.2, 0) is 11.3 Å². The number of amides is 1. The summed E-state index contributed by atoms with van der Waals surface area (Å²) < 4.78 is 24.9. The van der Waals surface area contributed by atoms with E-state index in [1.807, 2.05) is 12.1 Å². The minimum Gasteiger partial charge on any atom is -0.497 e. The predicted octanol–water partition coefficient (Wildman–Crippen LogP) is 3.32. The molecule has 7 heteroatoms. The molecule has 5 nitrogen and oxygen atoms in total. The molecule has 2 aromatic rings. The second-order valence-electron chi connectivity index (χ2n) is 6.37. The van der Waals surface area contributed by atoms with Crippen molar-refractivity contribution in [3.63, 3.8) is 0 Å². The summed E-state index contributed by atoms with van der Waals surface area (Å²) in [5.74, 6) is 0.323. The van der Waals surface area contributed by atoms with E-state index in [2.05, 4.69) is 33.0 Å². The molecule has 0 radical (unpaired) electrons. The van der Waals surface area contributed by atoms with Crippen LogP contribution in [0.1, 0.15) is 5.56 Å². The molecule has 27 heavy (non-hydrogen) atoms. The van der Waals surface area contributed by atoms with E-state index in [0.29, 0.717) is 17.6 Å². The average Bonchev–Trinajstić information content (AvgIpc) is 2.68. The van der Waals surface area contributed by atoms with E-state index in [1.54, 1.807) is 18.1 Å². The molecule has 1 aliphatic rings. The Morgan fingerprint density at radius 3 is 2.44 bits per heavy atom. The number of rotatable bonds is 6. The molecule has 2 aromatic carbocycles. The van der Waals surface area contributed by atoms with Crippen LogP contribution in [0.2, 0.25) is 0 Å². The largest absolute Gasteiger partial charge is 0.497 e. The highest BCUT2D eigenvalue weighted by atomic mass is 79.9. The fourth-order valence-corrected chi connectivity index (χ4v) is 3.30. The van der Waals surface area contributed by atoms with E-state index in [9.17, 15) is 9.18 Å². The van der Waals surface area contributed by atoms with E-state index < -0.39 is 5.82 Å². The standard InChI is InChI=1S/C20H22BrFN2O3/c1-26-17-5-2-15(3-6-17)13-23-8-10-24(11-9-23)20(25)14-27-19-7-4-16(21)12-18(19)22/h2-7,12H,8-11,13-14H2,1H3. The van der Waals surface area contributed by atoms with Gasteiger partial charge in [0.2, 0.25) is 0 Å². The van der Waals surface area contributed by atoms with Crippen molar-refractivity contribution in [1.29, 1.82) is 0 Å². The van der Waals surface area contributed by atoms with Gasteiger partial charge in [0.15, 0.2) is 18.2 Å². The normalized spacial score (nSPS) is 14.9. The second-order valence-corrected chi connectivity index (χ2v) is 7.28. The molecule has 0 aliphatic carbocycles. The molecule has 144 valence electrons. The van der Waals surface area contributed by atoms with Crippen molar-refractivity contribution in [2.45, 2.75) is 6.54 Å². The summed E-state index contributed by atoms with van der Waals surface area (Å²) in [6.07, 6.45) is 0. The summed E-state index contributed by atoms with van der Waals surface area (Å²) in [4.78, 5) is 16.4. The van der Waals surface area contributed by atoms with Gasteiger partial charge in [0, 0.05) is 37.2 Å². The number of nitrogens with zero attached hydrogens (tertiary/aromatic N) is 2. The molecule has 1 heterocycles. The first-order chi connectivity index (χ1) is 13.0. The minimum absolute atomic E-state index is 0.0877. The summed E-state index contributed by atoms with van der Waals surface area (Å²) in [5.41, 5.74) is 1.21. The lowest BCUT2D eigenvalue weighted by molar-refractivity contribution is -0.135. The molecule has 1 fully saturated rings. The van der Waals surface area contributed by atoms with Crippen LogP contribution in [0.4, 0.5) is 4.39 Å². The molecule has 0 aromatic heterocycles. The van der Waals surface area contributed by atoms with Crippen molar-refractivity contribution in [3.8, 4) is 11.5 Å². The number of methoxy groups -OCH3 is 1. The highest BCUT2D eigenvalue weighted by molar-refractivity contribution is 9.10. The van der Waals surface area contributed by atoms with Gasteiger partial charge in [-0.15, -0.1) is 0 Å². The van der Waals surface area contributed by atoms with Gasteiger partial charge in [-0.3, -0.25) is 9.69 Å². The SMILES string of the molecule is COc1ccc(CN2CCN(C(=O)COc3ccc(Br)cc3F)CC2)cc1. The van der Waals surface area contributed by atoms with E-state index in [4.69, 9.17) is 9.47 Å². The molecule has 1 amide bonds. The summed E-state index contributed by atoms with van der Waals surface area (Å²) in [5, 5.41) is 0. The van der Waals surface area contributed by atoms with Gasteiger partial charge < -0.3 is 14.4 Å². The van der Waals surface area contributed by atoms with Gasteiger partial charge in [-0.25, -0.2) is 4.39 Å². The van der Waals surface area contributed by atoms with E-state index in [1.165, 1.54) is 17.7 Å². The molecule has 0 spiro atoms. The van der Waals surface area contributed by atoms with Crippen molar-refractivity contribution in [1.82, 2.24) is 9.80 Å². The lowest BCUT2D eigenvalue weighted by Gasteiger charge is -2.34. The first kappa shape index (κ1) is 19.6. The Hall–Kier alpha value is -2.12. The molecule has 0 unspecified atom stereocenters. The van der Waals surface area contributed by atoms with Crippen molar-refractivity contribution in [2.75, 3.05) is 39.9 Å². The molecule has 3 rings (SSSR count). The summed E-state index contributed by atoms with van der Waals surface area (Å²) >= 11 is 3.19. The van der Waals surface area contributed by atoms with Gasteiger partial charge in [-0.2, -0.15) is 0 Å². The molecule has 1 saturated heterocycles. The Labute approximate surface area is 166 Å². The zero-order valence-electron chi connectivity index (χ0n) is 15.2. The average molecular weight is 437 g/mol. The first-order valence-electron chi connectivity index (χ1n) is 8.76. The number of piperazine rings is 1. The van der Waals surface area contributed by atoms with Crippen LogP contribution in [0.25, 0.3) is 0 Å². The maximum absolute atomic E-state index is 13.8. The molecule has 0 bridgehead atoms. The molecular formula is C20H22BrFN2O3. The third-order valence-electron chi connectivity index (χ3n) is 4.54. The highest BCUT2D eigenvalue weighted by Crippen LogP contribution is 2.21. The van der Waals surface area contributed by atoms with Crippen molar-refractivity contribution >= 4 is 21.8 Å². The zero-order valence-corrected chi connectivity index (χ0v) is 16.7. The van der Waals surface area contributed by atoms with E-state index in [0.717, 1.165) is 25.4 Å². The first-order valence-corrected chi connectivity index (χ1v) is 9.55. The quantitative estimate of drug-likeness (QED) is 0.696. The number of benzene rings is 2. The van der Waals surface area contributed by atoms with Crippen LogP contribution in [0, 0.1) is 5.82 Å². The highest BCUT2D eigenvalue weighted by Gasteiger charge is 2.21. The zero-order chi connectivity index (χ0) is 19.2. The maximum atomic E-state index is 13.8. The Kier molecular flexibility index (Phi) is 6.68. The monoisotopic (exact) mass is 436 g/mol. The Morgan fingerprint density at radius 1 is 1.11 bits per heavy atom. The number of ether oxygens (including phenoxy) is 2.